The largest absolute Gasteiger partial charge is 0.502 e. The van der Waals surface area contributed by atoms with Gasteiger partial charge >= 0.3 is 5.97 Å². The molecule has 1 aromatic rings. The highest BCUT2D eigenvalue weighted by atomic mass is 16.5. The summed E-state index contributed by atoms with van der Waals surface area (Å²) >= 11 is 0. The quantitative estimate of drug-likeness (QED) is 0.765. The van der Waals surface area contributed by atoms with Gasteiger partial charge in [0.05, 0.1) is 20.8 Å². The molecule has 0 amide bonds. The monoisotopic (exact) mass is 256 g/mol. The number of methoxy groups -OCH3 is 2. The highest BCUT2D eigenvalue weighted by Gasteiger charge is 2.22. The number of rotatable bonds is 5. The Morgan fingerprint density at radius 1 is 1.28 bits per heavy atom. The Morgan fingerprint density at radius 2 is 1.78 bits per heavy atom. The van der Waals surface area contributed by atoms with Crippen LogP contribution in [0.4, 0.5) is 0 Å². The fourth-order valence-electron chi connectivity index (χ4n) is 1.43. The molecule has 1 aromatic carbocycles. The summed E-state index contributed by atoms with van der Waals surface area (Å²) in [5.74, 6) is -0.757. The lowest BCUT2D eigenvalue weighted by Gasteiger charge is -2.14. The average Bonchev–Trinajstić information content (AvgIpc) is 2.38. The molecule has 0 aliphatic rings. The molecule has 1 atom stereocenters. The first-order valence-corrected chi connectivity index (χ1v) is 5.34. The topological polar surface area (TPSA) is 85.2 Å². The van der Waals surface area contributed by atoms with E-state index in [0.29, 0.717) is 0 Å². The van der Waals surface area contributed by atoms with E-state index in [1.165, 1.54) is 26.4 Å². The third kappa shape index (κ3) is 2.84. The zero-order chi connectivity index (χ0) is 13.7. The van der Waals surface area contributed by atoms with Gasteiger partial charge < -0.3 is 24.4 Å². The molecule has 0 aliphatic carbocycles. The summed E-state index contributed by atoms with van der Waals surface area (Å²) in [6, 6.07) is 2.69. The van der Waals surface area contributed by atoms with Crippen LogP contribution in [0.2, 0.25) is 0 Å². The summed E-state index contributed by atoms with van der Waals surface area (Å²) in [5, 5.41) is 19.5. The maximum absolute atomic E-state index is 11.4. The first-order chi connectivity index (χ1) is 8.54. The van der Waals surface area contributed by atoms with Crippen LogP contribution in [-0.4, -0.2) is 37.0 Å². The predicted octanol–water partition coefficient (Wildman–Crippen LogP) is 1.01. The van der Waals surface area contributed by atoms with Gasteiger partial charge in [0.15, 0.2) is 17.6 Å². The second kappa shape index (κ2) is 6.11. The first kappa shape index (κ1) is 14.1. The van der Waals surface area contributed by atoms with Crippen LogP contribution in [-0.2, 0) is 9.53 Å². The number of carbonyl (C=O) groups is 1. The Labute approximate surface area is 105 Å². The fraction of sp³-hybridized carbons (Fsp3) is 0.417. The predicted molar refractivity (Wildman–Crippen MR) is 62.8 cm³/mol. The van der Waals surface area contributed by atoms with Gasteiger partial charge in [-0.15, -0.1) is 0 Å². The highest BCUT2D eigenvalue weighted by molar-refractivity contribution is 5.77. The van der Waals surface area contributed by atoms with E-state index in [2.05, 4.69) is 0 Å². The number of aliphatic hydroxyl groups is 1. The highest BCUT2D eigenvalue weighted by Crippen LogP contribution is 2.38. The van der Waals surface area contributed by atoms with E-state index in [-0.39, 0.29) is 29.4 Å². The summed E-state index contributed by atoms with van der Waals surface area (Å²) < 4.78 is 14.6. The van der Waals surface area contributed by atoms with E-state index in [1.807, 2.05) is 0 Å². The number of hydrogen-bond donors (Lipinski definition) is 2. The Hall–Kier alpha value is -1.95. The van der Waals surface area contributed by atoms with Crippen molar-refractivity contribution < 1.29 is 29.2 Å². The molecule has 100 valence electrons. The van der Waals surface area contributed by atoms with Gasteiger partial charge in [-0.05, 0) is 24.6 Å². The molecule has 0 aliphatic heterocycles. The third-order valence-electron chi connectivity index (χ3n) is 2.33. The minimum atomic E-state index is -1.45. The zero-order valence-corrected chi connectivity index (χ0v) is 10.5. The summed E-state index contributed by atoms with van der Waals surface area (Å²) in [6.07, 6.45) is -1.45. The smallest absolute Gasteiger partial charge is 0.339 e. The second-order valence-corrected chi connectivity index (χ2v) is 3.43. The van der Waals surface area contributed by atoms with Crippen LogP contribution < -0.4 is 9.47 Å². The maximum atomic E-state index is 11.4. The molecule has 0 bridgehead atoms. The number of phenols is 1. The fourth-order valence-corrected chi connectivity index (χ4v) is 1.43. The summed E-state index contributed by atoms with van der Waals surface area (Å²) in [6.45, 7) is 1.81. The molecule has 0 saturated carbocycles. The molecule has 18 heavy (non-hydrogen) atoms. The van der Waals surface area contributed by atoms with Crippen molar-refractivity contribution in [2.75, 3.05) is 20.8 Å². The maximum Gasteiger partial charge on any atom is 0.339 e. The molecule has 0 saturated heterocycles. The number of ether oxygens (including phenoxy) is 3. The number of aromatic hydroxyl groups is 1. The standard InChI is InChI=1S/C12H16O6/c1-4-18-12(15)10(13)7-5-8(16-2)11(14)9(6-7)17-3/h5-6,10,13-14H,4H2,1-3H3. The number of esters is 1. The van der Waals surface area contributed by atoms with Crippen LogP contribution in [0.25, 0.3) is 0 Å². The van der Waals surface area contributed by atoms with Crippen molar-refractivity contribution in [2.45, 2.75) is 13.0 Å². The van der Waals surface area contributed by atoms with E-state index in [0.717, 1.165) is 0 Å². The van der Waals surface area contributed by atoms with Crippen molar-refractivity contribution in [3.8, 4) is 17.2 Å². The van der Waals surface area contributed by atoms with Crippen LogP contribution in [0.5, 0.6) is 17.2 Å². The molecule has 0 spiro atoms. The van der Waals surface area contributed by atoms with Gasteiger partial charge in [-0.2, -0.15) is 0 Å². The summed E-state index contributed by atoms with van der Waals surface area (Å²) in [4.78, 5) is 11.4. The van der Waals surface area contributed by atoms with Crippen LogP contribution in [0.1, 0.15) is 18.6 Å². The minimum absolute atomic E-state index is 0.104. The normalized spacial score (nSPS) is 11.8. The summed E-state index contributed by atoms with van der Waals surface area (Å²) in [7, 11) is 2.71. The lowest BCUT2D eigenvalue weighted by molar-refractivity contribution is -0.153. The van der Waals surface area contributed by atoms with E-state index in [4.69, 9.17) is 14.2 Å². The van der Waals surface area contributed by atoms with E-state index in [1.54, 1.807) is 6.92 Å². The van der Waals surface area contributed by atoms with Crippen molar-refractivity contribution >= 4 is 5.97 Å². The van der Waals surface area contributed by atoms with Gasteiger partial charge in [0.25, 0.3) is 0 Å². The van der Waals surface area contributed by atoms with E-state index in [9.17, 15) is 15.0 Å². The molecule has 2 N–H and O–H groups in total. The molecular weight excluding hydrogens is 240 g/mol. The molecule has 0 radical (unpaired) electrons. The van der Waals surface area contributed by atoms with Crippen molar-refractivity contribution in [3.63, 3.8) is 0 Å². The lowest BCUT2D eigenvalue weighted by atomic mass is 10.1. The van der Waals surface area contributed by atoms with Gasteiger partial charge in [-0.1, -0.05) is 0 Å². The van der Waals surface area contributed by atoms with E-state index < -0.39 is 12.1 Å². The first-order valence-electron chi connectivity index (χ1n) is 5.34. The number of benzene rings is 1. The van der Waals surface area contributed by atoms with Gasteiger partial charge in [0.1, 0.15) is 0 Å². The number of aliphatic hydroxyl groups excluding tert-OH is 1. The zero-order valence-electron chi connectivity index (χ0n) is 10.5. The number of phenolic OH excluding ortho intramolecular Hbond substituents is 1. The Bertz CT molecular complexity index is 404. The Kier molecular flexibility index (Phi) is 4.79. The van der Waals surface area contributed by atoms with Crippen molar-refractivity contribution in [1.29, 1.82) is 0 Å². The van der Waals surface area contributed by atoms with Crippen molar-refractivity contribution in [3.05, 3.63) is 17.7 Å². The third-order valence-corrected chi connectivity index (χ3v) is 2.33. The van der Waals surface area contributed by atoms with Crippen LogP contribution in [0, 0.1) is 0 Å². The minimum Gasteiger partial charge on any atom is -0.502 e. The van der Waals surface area contributed by atoms with E-state index >= 15 is 0 Å². The Balaban J connectivity index is 3.13. The second-order valence-electron chi connectivity index (χ2n) is 3.43. The molecular formula is C12H16O6. The van der Waals surface area contributed by atoms with Gasteiger partial charge in [0, 0.05) is 0 Å². The average molecular weight is 256 g/mol. The van der Waals surface area contributed by atoms with Crippen molar-refractivity contribution in [1.82, 2.24) is 0 Å². The van der Waals surface area contributed by atoms with Gasteiger partial charge in [0.2, 0.25) is 5.75 Å². The van der Waals surface area contributed by atoms with Gasteiger partial charge in [-0.3, -0.25) is 0 Å². The van der Waals surface area contributed by atoms with Gasteiger partial charge in [-0.25, -0.2) is 4.79 Å². The van der Waals surface area contributed by atoms with Crippen LogP contribution >= 0.6 is 0 Å². The molecule has 6 nitrogen and oxygen atoms in total. The molecule has 0 heterocycles. The van der Waals surface area contributed by atoms with Crippen molar-refractivity contribution in [2.24, 2.45) is 0 Å². The molecule has 1 rings (SSSR count). The number of hydrogen-bond acceptors (Lipinski definition) is 6. The summed E-state index contributed by atoms with van der Waals surface area (Å²) in [5.41, 5.74) is 0.222. The molecule has 0 aromatic heterocycles. The molecule has 1 unspecified atom stereocenters. The van der Waals surface area contributed by atoms with Crippen LogP contribution in [0.15, 0.2) is 12.1 Å². The SMILES string of the molecule is CCOC(=O)C(O)c1cc(OC)c(O)c(OC)c1. The lowest BCUT2D eigenvalue weighted by Crippen LogP contribution is -2.15. The Morgan fingerprint density at radius 3 is 2.17 bits per heavy atom. The molecule has 0 fully saturated rings. The number of carbonyl (C=O) groups excluding carboxylic acids is 1. The molecule has 6 heteroatoms. The van der Waals surface area contributed by atoms with Crippen LogP contribution in [0.3, 0.4) is 0 Å².